The van der Waals surface area contributed by atoms with Crippen LogP contribution in [0.3, 0.4) is 0 Å². The van der Waals surface area contributed by atoms with Crippen molar-refractivity contribution in [1.29, 1.82) is 0 Å². The van der Waals surface area contributed by atoms with Crippen LogP contribution in [0.5, 0.6) is 5.75 Å². The summed E-state index contributed by atoms with van der Waals surface area (Å²) in [6.45, 7) is 5.41. The molecule has 2 aliphatic rings. The molecule has 0 atom stereocenters. The quantitative estimate of drug-likeness (QED) is 0.540. The highest BCUT2D eigenvalue weighted by molar-refractivity contribution is 6.31. The molecule has 1 fully saturated rings. The number of hydrogen-bond donors (Lipinski definition) is 0. The molecule has 2 aromatic carbocycles. The van der Waals surface area contributed by atoms with Crippen LogP contribution in [0.1, 0.15) is 41.0 Å². The number of piperidine rings is 1. The maximum atomic E-state index is 12.8. The second-order valence-electron chi connectivity index (χ2n) is 8.49. The third-order valence-electron chi connectivity index (χ3n) is 6.26. The molecule has 31 heavy (non-hydrogen) atoms. The number of aryl methyl sites for hydroxylation is 2. The highest BCUT2D eigenvalue weighted by Crippen LogP contribution is 2.41. The third-order valence-corrected chi connectivity index (χ3v) is 6.67. The normalized spacial score (nSPS) is 17.4. The number of ether oxygens (including phenoxy) is 1. The minimum Gasteiger partial charge on any atom is -0.486 e. The number of fused-ring (bicyclic) bond motifs is 1. The second kappa shape index (κ2) is 7.65. The van der Waals surface area contributed by atoms with Crippen molar-refractivity contribution in [2.75, 3.05) is 18.0 Å². The molecule has 6 heteroatoms. The van der Waals surface area contributed by atoms with Crippen molar-refractivity contribution >= 4 is 23.2 Å². The molecule has 0 aliphatic carbocycles. The van der Waals surface area contributed by atoms with E-state index in [1.54, 1.807) is 6.07 Å². The van der Waals surface area contributed by atoms with Crippen molar-refractivity contribution in [3.05, 3.63) is 70.5 Å². The molecule has 1 aromatic heterocycles. The van der Waals surface area contributed by atoms with Gasteiger partial charge in [0.1, 0.15) is 23.0 Å². The molecule has 3 aromatic rings. The Bertz CT molecular complexity index is 1150. The van der Waals surface area contributed by atoms with Gasteiger partial charge in [0.05, 0.1) is 17.7 Å². The summed E-state index contributed by atoms with van der Waals surface area (Å²) < 4.78 is 6.43. The number of ketones is 1. The number of halogens is 1. The molecule has 1 saturated heterocycles. The minimum absolute atomic E-state index is 0.112. The molecule has 0 bridgehead atoms. The standard InChI is InChI=1S/C25H24ClN3O2/c1-16-12-23-19(13-20(16)26)22(30)15-25(31-23)8-10-29(11-9-25)24-14-21(27-17(2)28-24)18-6-4-3-5-7-18/h3-7,12-14H,8-11,15H2,1-2H3. The number of aromatic nitrogens is 2. The molecule has 0 saturated carbocycles. The van der Waals surface area contributed by atoms with E-state index in [1.807, 2.05) is 44.2 Å². The van der Waals surface area contributed by atoms with Crippen LogP contribution in [-0.4, -0.2) is 34.4 Å². The summed E-state index contributed by atoms with van der Waals surface area (Å²) in [4.78, 5) is 24.4. The summed E-state index contributed by atoms with van der Waals surface area (Å²) in [5.41, 5.74) is 3.07. The lowest BCUT2D eigenvalue weighted by molar-refractivity contribution is 0.0231. The van der Waals surface area contributed by atoms with Crippen molar-refractivity contribution in [2.45, 2.75) is 38.7 Å². The Morgan fingerprint density at radius 2 is 1.77 bits per heavy atom. The topological polar surface area (TPSA) is 55.3 Å². The van der Waals surface area contributed by atoms with Gasteiger partial charge in [-0.05, 0) is 31.5 Å². The Morgan fingerprint density at radius 3 is 2.52 bits per heavy atom. The predicted molar refractivity (Wildman–Crippen MR) is 122 cm³/mol. The van der Waals surface area contributed by atoms with Crippen LogP contribution in [0.2, 0.25) is 5.02 Å². The van der Waals surface area contributed by atoms with Crippen LogP contribution in [0.25, 0.3) is 11.3 Å². The first-order valence-corrected chi connectivity index (χ1v) is 11.0. The molecule has 2 aliphatic heterocycles. The highest BCUT2D eigenvalue weighted by Gasteiger charge is 2.43. The molecule has 0 unspecified atom stereocenters. The van der Waals surface area contributed by atoms with E-state index < -0.39 is 5.60 Å². The Labute approximate surface area is 187 Å². The van der Waals surface area contributed by atoms with Gasteiger partial charge in [0, 0.05) is 42.6 Å². The average molecular weight is 434 g/mol. The van der Waals surface area contributed by atoms with Crippen molar-refractivity contribution < 1.29 is 9.53 Å². The monoisotopic (exact) mass is 433 g/mol. The van der Waals surface area contributed by atoms with Crippen LogP contribution in [0.15, 0.2) is 48.5 Å². The number of nitrogens with zero attached hydrogens (tertiary/aromatic N) is 3. The summed E-state index contributed by atoms with van der Waals surface area (Å²) in [6.07, 6.45) is 1.93. The van der Waals surface area contributed by atoms with Crippen molar-refractivity contribution in [1.82, 2.24) is 9.97 Å². The molecular weight excluding hydrogens is 410 g/mol. The number of anilines is 1. The maximum Gasteiger partial charge on any atom is 0.170 e. The molecule has 5 nitrogen and oxygen atoms in total. The van der Waals surface area contributed by atoms with Crippen LogP contribution >= 0.6 is 11.6 Å². The van der Waals surface area contributed by atoms with Gasteiger partial charge in [0.15, 0.2) is 5.78 Å². The molecule has 158 valence electrons. The number of hydrogen-bond acceptors (Lipinski definition) is 5. The van der Waals surface area contributed by atoms with E-state index in [0.717, 1.165) is 54.4 Å². The minimum atomic E-state index is -0.453. The molecular formula is C25H24ClN3O2. The van der Waals surface area contributed by atoms with E-state index in [2.05, 4.69) is 27.0 Å². The van der Waals surface area contributed by atoms with Crippen molar-refractivity contribution in [2.24, 2.45) is 0 Å². The summed E-state index contributed by atoms with van der Waals surface area (Å²) in [5.74, 6) is 2.45. The zero-order chi connectivity index (χ0) is 21.6. The number of carbonyl (C=O) groups is 1. The van der Waals surface area contributed by atoms with Gasteiger partial charge in [-0.3, -0.25) is 4.79 Å². The summed E-state index contributed by atoms with van der Waals surface area (Å²) in [6, 6.07) is 15.8. The zero-order valence-electron chi connectivity index (χ0n) is 17.7. The number of Topliss-reactive ketones (excluding diaryl/α,β-unsaturated/α-hetero) is 1. The van der Waals surface area contributed by atoms with Gasteiger partial charge < -0.3 is 9.64 Å². The lowest BCUT2D eigenvalue weighted by atomic mass is 9.82. The predicted octanol–water partition coefficient (Wildman–Crippen LogP) is 5.42. The largest absolute Gasteiger partial charge is 0.486 e. The van der Waals surface area contributed by atoms with E-state index >= 15 is 0 Å². The number of rotatable bonds is 2. The lowest BCUT2D eigenvalue weighted by Crippen LogP contribution is -2.51. The summed E-state index contributed by atoms with van der Waals surface area (Å²) in [5, 5.41) is 0.606. The molecule has 0 amide bonds. The Morgan fingerprint density at radius 1 is 1.03 bits per heavy atom. The zero-order valence-corrected chi connectivity index (χ0v) is 18.4. The van der Waals surface area contributed by atoms with E-state index in [0.29, 0.717) is 22.8 Å². The fraction of sp³-hybridized carbons (Fsp3) is 0.320. The van der Waals surface area contributed by atoms with Crippen LogP contribution in [0.4, 0.5) is 5.82 Å². The fourth-order valence-corrected chi connectivity index (χ4v) is 4.67. The number of benzene rings is 2. The molecule has 1 spiro atoms. The van der Waals surface area contributed by atoms with E-state index in [1.165, 1.54) is 0 Å². The first-order chi connectivity index (χ1) is 14.9. The van der Waals surface area contributed by atoms with Gasteiger partial charge in [0.2, 0.25) is 0 Å². The van der Waals surface area contributed by atoms with Crippen molar-refractivity contribution in [3.8, 4) is 17.0 Å². The van der Waals surface area contributed by atoms with E-state index in [-0.39, 0.29) is 5.78 Å². The summed E-state index contributed by atoms with van der Waals surface area (Å²) >= 11 is 6.22. The summed E-state index contributed by atoms with van der Waals surface area (Å²) in [7, 11) is 0. The Hall–Kier alpha value is -2.92. The van der Waals surface area contributed by atoms with Gasteiger partial charge in [-0.25, -0.2) is 9.97 Å². The van der Waals surface area contributed by atoms with Gasteiger partial charge in [-0.15, -0.1) is 0 Å². The smallest absolute Gasteiger partial charge is 0.170 e. The lowest BCUT2D eigenvalue weighted by Gasteiger charge is -2.44. The van der Waals surface area contributed by atoms with Gasteiger partial charge in [0.25, 0.3) is 0 Å². The van der Waals surface area contributed by atoms with Gasteiger partial charge >= 0.3 is 0 Å². The first-order valence-electron chi connectivity index (χ1n) is 10.6. The van der Waals surface area contributed by atoms with Crippen molar-refractivity contribution in [3.63, 3.8) is 0 Å². The highest BCUT2D eigenvalue weighted by atomic mass is 35.5. The van der Waals surface area contributed by atoms with Gasteiger partial charge in [-0.1, -0.05) is 41.9 Å². The molecule has 0 N–H and O–H groups in total. The van der Waals surface area contributed by atoms with Crippen LogP contribution in [0, 0.1) is 13.8 Å². The Kier molecular flexibility index (Phi) is 4.94. The third kappa shape index (κ3) is 3.79. The van der Waals surface area contributed by atoms with Gasteiger partial charge in [-0.2, -0.15) is 0 Å². The first kappa shape index (κ1) is 20.0. The fourth-order valence-electron chi connectivity index (χ4n) is 4.51. The molecule has 0 radical (unpaired) electrons. The van der Waals surface area contributed by atoms with E-state index in [9.17, 15) is 4.79 Å². The Balaban J connectivity index is 1.37. The molecule has 5 rings (SSSR count). The number of carbonyl (C=O) groups excluding carboxylic acids is 1. The average Bonchev–Trinajstić information content (AvgIpc) is 2.76. The molecule has 3 heterocycles. The second-order valence-corrected chi connectivity index (χ2v) is 8.90. The van der Waals surface area contributed by atoms with Crippen LogP contribution < -0.4 is 9.64 Å². The SMILES string of the molecule is Cc1nc(-c2ccccc2)cc(N2CCC3(CC2)CC(=O)c2cc(Cl)c(C)cc2O3)n1. The van der Waals surface area contributed by atoms with E-state index in [4.69, 9.17) is 16.3 Å². The maximum absolute atomic E-state index is 12.8. The van der Waals surface area contributed by atoms with Crippen LogP contribution in [-0.2, 0) is 0 Å².